The van der Waals surface area contributed by atoms with Gasteiger partial charge in [-0.25, -0.2) is 13.6 Å². The fourth-order valence-corrected chi connectivity index (χ4v) is 2.66. The van der Waals surface area contributed by atoms with Gasteiger partial charge in [0.25, 0.3) is 0 Å². The second-order valence-corrected chi connectivity index (χ2v) is 5.38. The smallest absolute Gasteiger partial charge is 0.328 e. The van der Waals surface area contributed by atoms with E-state index < -0.39 is 35.0 Å². The third-order valence-corrected chi connectivity index (χ3v) is 4.03. The monoisotopic (exact) mass is 313 g/mol. The number of halogens is 2. The maximum Gasteiger partial charge on any atom is 0.328 e. The van der Waals surface area contributed by atoms with Crippen molar-refractivity contribution in [1.29, 1.82) is 0 Å². The highest BCUT2D eigenvalue weighted by atomic mass is 19.1. The number of carboxylic acid groups (broad SMARTS) is 1. The molecular weight excluding hydrogens is 296 g/mol. The predicted molar refractivity (Wildman–Crippen MR) is 73.3 cm³/mol. The molecule has 1 aliphatic rings. The molecule has 120 valence electrons. The van der Waals surface area contributed by atoms with Gasteiger partial charge in [-0.2, -0.15) is 0 Å². The summed E-state index contributed by atoms with van der Waals surface area (Å²) in [5, 5.41) is 11.4. The first kappa shape index (κ1) is 16.4. The van der Waals surface area contributed by atoms with Gasteiger partial charge in [0.2, 0.25) is 5.91 Å². The molecule has 0 spiro atoms. The number of carbonyl (C=O) groups is 2. The Morgan fingerprint density at radius 3 is 2.55 bits per heavy atom. The van der Waals surface area contributed by atoms with Crippen molar-refractivity contribution >= 4 is 11.9 Å². The van der Waals surface area contributed by atoms with Crippen LogP contribution in [0.2, 0.25) is 0 Å². The number of hydrogen-bond acceptors (Lipinski definition) is 3. The third kappa shape index (κ3) is 2.94. The number of ether oxygens (including phenoxy) is 1. The fourth-order valence-electron chi connectivity index (χ4n) is 2.66. The van der Waals surface area contributed by atoms with Crippen molar-refractivity contribution in [3.05, 3.63) is 35.4 Å². The Hall–Kier alpha value is -2.02. The number of methoxy groups -OCH3 is 1. The van der Waals surface area contributed by atoms with Crippen LogP contribution in [0.15, 0.2) is 18.2 Å². The summed E-state index contributed by atoms with van der Waals surface area (Å²) in [6, 6.07) is 1.86. The topological polar surface area (TPSA) is 75.6 Å². The highest BCUT2D eigenvalue weighted by Gasteiger charge is 2.48. The van der Waals surface area contributed by atoms with Crippen LogP contribution in [0.25, 0.3) is 0 Å². The van der Waals surface area contributed by atoms with E-state index in [4.69, 9.17) is 9.84 Å². The van der Waals surface area contributed by atoms with Crippen LogP contribution in [-0.4, -0.2) is 36.7 Å². The van der Waals surface area contributed by atoms with Crippen LogP contribution in [-0.2, 0) is 19.7 Å². The molecule has 0 aliphatic heterocycles. The summed E-state index contributed by atoms with van der Waals surface area (Å²) in [5.74, 6) is -3.33. The molecule has 0 radical (unpaired) electrons. The van der Waals surface area contributed by atoms with Gasteiger partial charge in [0.05, 0.1) is 12.0 Å². The van der Waals surface area contributed by atoms with E-state index in [2.05, 4.69) is 5.32 Å². The van der Waals surface area contributed by atoms with Crippen LogP contribution < -0.4 is 5.32 Å². The molecule has 2 N–H and O–H groups in total. The maximum atomic E-state index is 14.0. The van der Waals surface area contributed by atoms with Crippen LogP contribution in [0.1, 0.15) is 24.8 Å². The first-order chi connectivity index (χ1) is 10.4. The Labute approximate surface area is 126 Å². The number of carboxylic acids is 1. The lowest BCUT2D eigenvalue weighted by Crippen LogP contribution is -2.55. The minimum atomic E-state index is -1.23. The second-order valence-electron chi connectivity index (χ2n) is 5.38. The van der Waals surface area contributed by atoms with E-state index in [1.165, 1.54) is 13.2 Å². The van der Waals surface area contributed by atoms with Gasteiger partial charge in [0.15, 0.2) is 6.04 Å². The Morgan fingerprint density at radius 1 is 1.41 bits per heavy atom. The zero-order valence-corrected chi connectivity index (χ0v) is 12.1. The van der Waals surface area contributed by atoms with Crippen molar-refractivity contribution in [1.82, 2.24) is 5.32 Å². The van der Waals surface area contributed by atoms with E-state index in [0.29, 0.717) is 19.3 Å². The van der Waals surface area contributed by atoms with Gasteiger partial charge in [-0.3, -0.25) is 4.79 Å². The molecule has 1 atom stereocenters. The SMILES string of the molecule is COCC(NC(=O)C1(c2ccc(F)cc2F)CCC1)C(=O)O. The van der Waals surface area contributed by atoms with E-state index in [1.54, 1.807) is 0 Å². The Kier molecular flexibility index (Phi) is 4.75. The Bertz CT molecular complexity index is 587. The number of rotatable bonds is 6. The highest BCUT2D eigenvalue weighted by molar-refractivity contribution is 5.92. The highest BCUT2D eigenvalue weighted by Crippen LogP contribution is 2.45. The Morgan fingerprint density at radius 2 is 2.09 bits per heavy atom. The molecule has 0 heterocycles. The van der Waals surface area contributed by atoms with Gasteiger partial charge < -0.3 is 15.2 Å². The molecule has 5 nitrogen and oxygen atoms in total. The van der Waals surface area contributed by atoms with Gasteiger partial charge in [0.1, 0.15) is 11.6 Å². The molecule has 0 bridgehead atoms. The minimum absolute atomic E-state index is 0.0965. The molecule has 0 saturated heterocycles. The Balaban J connectivity index is 2.26. The van der Waals surface area contributed by atoms with Crippen LogP contribution in [0.4, 0.5) is 8.78 Å². The molecule has 1 amide bonds. The van der Waals surface area contributed by atoms with E-state index in [9.17, 15) is 18.4 Å². The van der Waals surface area contributed by atoms with Gasteiger partial charge in [-0.15, -0.1) is 0 Å². The molecule has 1 aromatic carbocycles. The number of amides is 1. The summed E-state index contributed by atoms with van der Waals surface area (Å²) < 4.78 is 31.8. The average Bonchev–Trinajstić information content (AvgIpc) is 2.39. The number of aliphatic carboxylic acids is 1. The van der Waals surface area contributed by atoms with Gasteiger partial charge in [-0.05, 0) is 18.9 Å². The van der Waals surface area contributed by atoms with Crippen molar-refractivity contribution < 1.29 is 28.2 Å². The summed E-state index contributed by atoms with van der Waals surface area (Å²) in [7, 11) is 1.32. The van der Waals surface area contributed by atoms with Crippen molar-refractivity contribution in [2.24, 2.45) is 0 Å². The van der Waals surface area contributed by atoms with Crippen LogP contribution in [0, 0.1) is 11.6 Å². The third-order valence-electron chi connectivity index (χ3n) is 4.03. The molecule has 1 aromatic rings. The minimum Gasteiger partial charge on any atom is -0.480 e. The van der Waals surface area contributed by atoms with Crippen LogP contribution >= 0.6 is 0 Å². The molecule has 1 unspecified atom stereocenters. The van der Waals surface area contributed by atoms with Gasteiger partial charge in [0, 0.05) is 18.7 Å². The predicted octanol–water partition coefficient (Wildman–Crippen LogP) is 1.60. The van der Waals surface area contributed by atoms with Gasteiger partial charge in [-0.1, -0.05) is 12.5 Å². The number of carbonyl (C=O) groups excluding carboxylic acids is 1. The molecule has 1 fully saturated rings. The van der Waals surface area contributed by atoms with E-state index in [1.807, 2.05) is 0 Å². The summed E-state index contributed by atoms with van der Waals surface area (Å²) in [5.41, 5.74) is -1.04. The van der Waals surface area contributed by atoms with Crippen molar-refractivity contribution in [3.63, 3.8) is 0 Å². The van der Waals surface area contributed by atoms with E-state index >= 15 is 0 Å². The quantitative estimate of drug-likeness (QED) is 0.836. The zero-order valence-electron chi connectivity index (χ0n) is 12.1. The van der Waals surface area contributed by atoms with E-state index in [0.717, 1.165) is 12.1 Å². The lowest BCUT2D eigenvalue weighted by Gasteiger charge is -2.41. The van der Waals surface area contributed by atoms with Crippen molar-refractivity contribution in [3.8, 4) is 0 Å². The zero-order chi connectivity index (χ0) is 16.3. The van der Waals surface area contributed by atoms with Crippen LogP contribution in [0.3, 0.4) is 0 Å². The standard InChI is InChI=1S/C15H17F2NO4/c1-22-8-12(13(19)20)18-14(21)15(5-2-6-15)10-4-3-9(16)7-11(10)17/h3-4,7,12H,2,5-6,8H2,1H3,(H,18,21)(H,19,20). The molecule has 0 aromatic heterocycles. The summed E-state index contributed by atoms with van der Waals surface area (Å²) in [6.45, 7) is -0.191. The summed E-state index contributed by atoms with van der Waals surface area (Å²) >= 11 is 0. The largest absolute Gasteiger partial charge is 0.480 e. The van der Waals surface area contributed by atoms with Gasteiger partial charge >= 0.3 is 5.97 Å². The molecule has 1 aliphatic carbocycles. The van der Waals surface area contributed by atoms with E-state index in [-0.39, 0.29) is 12.2 Å². The summed E-state index contributed by atoms with van der Waals surface area (Å²) in [4.78, 5) is 23.6. The number of nitrogens with one attached hydrogen (secondary N) is 1. The molecule has 1 saturated carbocycles. The first-order valence-electron chi connectivity index (χ1n) is 6.89. The first-order valence-corrected chi connectivity index (χ1v) is 6.89. The van der Waals surface area contributed by atoms with Crippen molar-refractivity contribution in [2.45, 2.75) is 30.7 Å². The number of benzene rings is 1. The molecule has 2 rings (SSSR count). The number of hydrogen-bond donors (Lipinski definition) is 2. The lowest BCUT2D eigenvalue weighted by atomic mass is 9.63. The maximum absolute atomic E-state index is 14.0. The molecule has 22 heavy (non-hydrogen) atoms. The molecule has 7 heteroatoms. The normalized spacial score (nSPS) is 17.4. The van der Waals surface area contributed by atoms with Crippen LogP contribution in [0.5, 0.6) is 0 Å². The fraction of sp³-hybridized carbons (Fsp3) is 0.467. The lowest BCUT2D eigenvalue weighted by molar-refractivity contribution is -0.145. The average molecular weight is 313 g/mol. The second kappa shape index (κ2) is 6.39. The van der Waals surface area contributed by atoms with Crippen molar-refractivity contribution in [2.75, 3.05) is 13.7 Å². The summed E-state index contributed by atoms with van der Waals surface area (Å²) in [6.07, 6.45) is 1.49. The molecular formula is C15H17F2NO4.